The highest BCUT2D eigenvalue weighted by Gasteiger charge is 2.34. The SMILES string of the molecule is COc1ccc(C)cc1S(=O)(=O)N1CCCC(C(=O)NCc2cccc(C)c2)C1. The van der Waals surface area contributed by atoms with Crippen LogP contribution in [0.25, 0.3) is 0 Å². The minimum atomic E-state index is -3.74. The molecule has 2 aromatic rings. The fraction of sp³-hybridized carbons (Fsp3) is 0.409. The number of hydrogen-bond donors (Lipinski definition) is 1. The highest BCUT2D eigenvalue weighted by molar-refractivity contribution is 7.89. The van der Waals surface area contributed by atoms with Crippen LogP contribution in [0.15, 0.2) is 47.4 Å². The number of amides is 1. The van der Waals surface area contributed by atoms with Crippen molar-refractivity contribution in [3.05, 3.63) is 59.2 Å². The molecule has 6 nitrogen and oxygen atoms in total. The van der Waals surface area contributed by atoms with Gasteiger partial charge >= 0.3 is 0 Å². The van der Waals surface area contributed by atoms with Crippen molar-refractivity contribution < 1.29 is 17.9 Å². The summed E-state index contributed by atoms with van der Waals surface area (Å²) < 4.78 is 33.1. The van der Waals surface area contributed by atoms with E-state index < -0.39 is 10.0 Å². The van der Waals surface area contributed by atoms with E-state index in [1.165, 1.54) is 11.4 Å². The van der Waals surface area contributed by atoms with Gasteiger partial charge in [-0.1, -0.05) is 35.9 Å². The number of nitrogens with one attached hydrogen (secondary N) is 1. The number of benzene rings is 2. The van der Waals surface area contributed by atoms with Gasteiger partial charge in [0.1, 0.15) is 10.6 Å². The Balaban J connectivity index is 1.71. The lowest BCUT2D eigenvalue weighted by Crippen LogP contribution is -2.45. The summed E-state index contributed by atoms with van der Waals surface area (Å²) in [7, 11) is -2.28. The largest absolute Gasteiger partial charge is 0.495 e. The molecule has 3 rings (SSSR count). The molecule has 29 heavy (non-hydrogen) atoms. The lowest BCUT2D eigenvalue weighted by Gasteiger charge is -2.31. The highest BCUT2D eigenvalue weighted by atomic mass is 32.2. The van der Waals surface area contributed by atoms with Gasteiger partial charge in [0.05, 0.1) is 13.0 Å². The Kier molecular flexibility index (Phi) is 6.59. The maximum absolute atomic E-state index is 13.2. The van der Waals surface area contributed by atoms with Crippen LogP contribution >= 0.6 is 0 Å². The third-order valence-corrected chi connectivity index (χ3v) is 7.13. The fourth-order valence-corrected chi connectivity index (χ4v) is 5.42. The first-order valence-corrected chi connectivity index (χ1v) is 11.2. The molecule has 1 N–H and O–H groups in total. The molecule has 0 radical (unpaired) electrons. The first-order chi connectivity index (χ1) is 13.8. The van der Waals surface area contributed by atoms with E-state index in [0.29, 0.717) is 31.7 Å². The maximum Gasteiger partial charge on any atom is 0.246 e. The average molecular weight is 417 g/mol. The van der Waals surface area contributed by atoms with Crippen molar-refractivity contribution in [1.82, 2.24) is 9.62 Å². The van der Waals surface area contributed by atoms with Gasteiger partial charge in [-0.2, -0.15) is 4.31 Å². The molecule has 1 atom stereocenters. The van der Waals surface area contributed by atoms with Gasteiger partial charge in [-0.05, 0) is 49.9 Å². The number of rotatable bonds is 6. The first-order valence-electron chi connectivity index (χ1n) is 9.79. The van der Waals surface area contributed by atoms with E-state index in [1.54, 1.807) is 12.1 Å². The molecule has 0 spiro atoms. The van der Waals surface area contributed by atoms with Crippen molar-refractivity contribution in [2.24, 2.45) is 5.92 Å². The Bertz CT molecular complexity index is 988. The van der Waals surface area contributed by atoms with Gasteiger partial charge in [-0.15, -0.1) is 0 Å². The van der Waals surface area contributed by atoms with Crippen LogP contribution in [0, 0.1) is 19.8 Å². The molecule has 1 saturated heterocycles. The Morgan fingerprint density at radius 3 is 2.66 bits per heavy atom. The van der Waals surface area contributed by atoms with Gasteiger partial charge in [0.15, 0.2) is 0 Å². The number of nitrogens with zero attached hydrogens (tertiary/aromatic N) is 1. The Labute approximate surface area is 172 Å². The predicted molar refractivity (Wildman–Crippen MR) is 112 cm³/mol. The van der Waals surface area contributed by atoms with Crippen molar-refractivity contribution >= 4 is 15.9 Å². The molecule has 7 heteroatoms. The van der Waals surface area contributed by atoms with Gasteiger partial charge < -0.3 is 10.1 Å². The summed E-state index contributed by atoms with van der Waals surface area (Å²) >= 11 is 0. The van der Waals surface area contributed by atoms with Crippen molar-refractivity contribution in [2.75, 3.05) is 20.2 Å². The lowest BCUT2D eigenvalue weighted by atomic mass is 9.98. The monoisotopic (exact) mass is 416 g/mol. The molecule has 0 bridgehead atoms. The molecule has 156 valence electrons. The number of hydrogen-bond acceptors (Lipinski definition) is 4. The van der Waals surface area contributed by atoms with Crippen LogP contribution in [0.2, 0.25) is 0 Å². The Morgan fingerprint density at radius 2 is 1.93 bits per heavy atom. The molecule has 1 amide bonds. The minimum Gasteiger partial charge on any atom is -0.495 e. The van der Waals surface area contributed by atoms with E-state index in [9.17, 15) is 13.2 Å². The van der Waals surface area contributed by atoms with E-state index in [2.05, 4.69) is 5.32 Å². The van der Waals surface area contributed by atoms with Gasteiger partial charge in [0.2, 0.25) is 15.9 Å². The summed E-state index contributed by atoms with van der Waals surface area (Å²) in [5, 5.41) is 2.95. The molecular weight excluding hydrogens is 388 g/mol. The molecule has 2 aromatic carbocycles. The minimum absolute atomic E-state index is 0.109. The molecule has 1 aliphatic rings. The number of carbonyl (C=O) groups is 1. The van der Waals surface area contributed by atoms with Crippen LogP contribution in [0.1, 0.15) is 29.5 Å². The third kappa shape index (κ3) is 4.97. The van der Waals surface area contributed by atoms with Gasteiger partial charge in [0.25, 0.3) is 0 Å². The summed E-state index contributed by atoms with van der Waals surface area (Å²) in [6.45, 7) is 4.88. The quantitative estimate of drug-likeness (QED) is 0.785. The second-order valence-corrected chi connectivity index (χ2v) is 9.47. The van der Waals surface area contributed by atoms with Crippen LogP contribution < -0.4 is 10.1 Å². The van der Waals surface area contributed by atoms with Crippen molar-refractivity contribution in [3.8, 4) is 5.75 Å². The van der Waals surface area contributed by atoms with E-state index in [0.717, 1.165) is 16.7 Å². The van der Waals surface area contributed by atoms with Crippen molar-refractivity contribution in [2.45, 2.75) is 38.1 Å². The smallest absolute Gasteiger partial charge is 0.246 e. The number of sulfonamides is 1. The fourth-order valence-electron chi connectivity index (χ4n) is 3.65. The van der Waals surface area contributed by atoms with E-state index in [1.807, 2.05) is 44.2 Å². The van der Waals surface area contributed by atoms with Gasteiger partial charge in [0, 0.05) is 19.6 Å². The standard InChI is InChI=1S/C22H28N2O4S/c1-16-6-4-7-18(12-16)14-23-22(25)19-8-5-11-24(15-19)29(26,27)21-13-17(2)9-10-20(21)28-3/h4,6-7,9-10,12-13,19H,5,8,11,14-15H2,1-3H3,(H,23,25). The summed E-state index contributed by atoms with van der Waals surface area (Å²) in [6, 6.07) is 13.1. The molecule has 0 aromatic heterocycles. The number of methoxy groups -OCH3 is 1. The summed E-state index contributed by atoms with van der Waals surface area (Å²) in [4.78, 5) is 12.8. The zero-order valence-electron chi connectivity index (χ0n) is 17.1. The van der Waals surface area contributed by atoms with Gasteiger partial charge in [-0.25, -0.2) is 8.42 Å². The molecular formula is C22H28N2O4S. The van der Waals surface area contributed by atoms with E-state index in [-0.39, 0.29) is 23.3 Å². The van der Waals surface area contributed by atoms with E-state index in [4.69, 9.17) is 4.74 Å². The van der Waals surface area contributed by atoms with Crippen LogP contribution in [-0.4, -0.2) is 38.8 Å². The maximum atomic E-state index is 13.2. The Morgan fingerprint density at radius 1 is 1.17 bits per heavy atom. The second-order valence-electron chi connectivity index (χ2n) is 7.56. The van der Waals surface area contributed by atoms with Crippen LogP contribution in [-0.2, 0) is 21.4 Å². The van der Waals surface area contributed by atoms with Gasteiger partial charge in [-0.3, -0.25) is 4.79 Å². The molecule has 0 saturated carbocycles. The Hall–Kier alpha value is -2.38. The molecule has 1 aliphatic heterocycles. The van der Waals surface area contributed by atoms with E-state index >= 15 is 0 Å². The number of ether oxygens (including phenoxy) is 1. The number of carbonyl (C=O) groups excluding carboxylic acids is 1. The highest BCUT2D eigenvalue weighted by Crippen LogP contribution is 2.30. The normalized spacial score (nSPS) is 17.7. The lowest BCUT2D eigenvalue weighted by molar-refractivity contribution is -0.126. The predicted octanol–water partition coefficient (Wildman–Crippen LogP) is 3.03. The first kappa shape index (κ1) is 21.3. The molecule has 1 heterocycles. The number of piperidine rings is 1. The molecule has 0 aliphatic carbocycles. The zero-order valence-corrected chi connectivity index (χ0v) is 18.0. The average Bonchev–Trinajstić information content (AvgIpc) is 2.72. The van der Waals surface area contributed by atoms with Crippen LogP contribution in [0.3, 0.4) is 0 Å². The van der Waals surface area contributed by atoms with Crippen molar-refractivity contribution in [3.63, 3.8) is 0 Å². The summed E-state index contributed by atoms with van der Waals surface area (Å²) in [5.74, 6) is -0.150. The molecule has 1 unspecified atom stereocenters. The molecule has 1 fully saturated rings. The second kappa shape index (κ2) is 8.97. The van der Waals surface area contributed by atoms with Crippen LogP contribution in [0.4, 0.5) is 0 Å². The van der Waals surface area contributed by atoms with Crippen molar-refractivity contribution in [1.29, 1.82) is 0 Å². The zero-order chi connectivity index (χ0) is 21.0. The third-order valence-electron chi connectivity index (χ3n) is 5.24. The number of aryl methyl sites for hydroxylation is 2. The summed E-state index contributed by atoms with van der Waals surface area (Å²) in [6.07, 6.45) is 1.33. The van der Waals surface area contributed by atoms with Crippen LogP contribution in [0.5, 0.6) is 5.75 Å². The summed E-state index contributed by atoms with van der Waals surface area (Å²) in [5.41, 5.74) is 3.01. The topological polar surface area (TPSA) is 75.7 Å².